The van der Waals surface area contributed by atoms with Crippen LogP contribution in [0, 0.1) is 17.0 Å². The zero-order valence-corrected chi connectivity index (χ0v) is 17.3. The van der Waals surface area contributed by atoms with E-state index in [0.717, 1.165) is 22.5 Å². The molecule has 156 valence electrons. The molecule has 8 nitrogen and oxygen atoms in total. The van der Waals surface area contributed by atoms with Crippen molar-refractivity contribution < 1.29 is 14.5 Å². The number of aromatic nitrogens is 2. The second kappa shape index (κ2) is 8.49. The second-order valence-corrected chi connectivity index (χ2v) is 7.90. The molecule has 0 amide bonds. The number of ether oxygens (including phenoxy) is 1. The number of thiophene rings is 1. The number of nitro benzene ring substituents is 1. The molecule has 2 aromatic carbocycles. The number of hydrogen-bond donors (Lipinski definition) is 0. The molecule has 4 aromatic rings. The standard InChI is InChI=1S/C22H17N3O5S/c1-14-18-20(31-19(14)22(27)30-12-16-5-3-2-4-6-16)23-13-24(21(18)26)11-15-7-9-17(10-8-15)25(28)29/h2-10,13H,11-12H2,1H3. The third-order valence-electron chi connectivity index (χ3n) is 4.82. The molecular formula is C22H17N3O5S. The molecular weight excluding hydrogens is 418 g/mol. The Kier molecular flexibility index (Phi) is 5.59. The van der Waals surface area contributed by atoms with Gasteiger partial charge in [0.2, 0.25) is 0 Å². The molecule has 9 heteroatoms. The van der Waals surface area contributed by atoms with Crippen molar-refractivity contribution in [1.82, 2.24) is 9.55 Å². The van der Waals surface area contributed by atoms with Crippen LogP contribution in [0.15, 0.2) is 65.7 Å². The first kappa shape index (κ1) is 20.4. The molecule has 0 aliphatic rings. The van der Waals surface area contributed by atoms with E-state index in [1.807, 2.05) is 30.3 Å². The van der Waals surface area contributed by atoms with Crippen LogP contribution in [-0.4, -0.2) is 20.4 Å². The van der Waals surface area contributed by atoms with Crippen LogP contribution < -0.4 is 5.56 Å². The van der Waals surface area contributed by atoms with E-state index in [1.54, 1.807) is 19.1 Å². The van der Waals surface area contributed by atoms with Crippen LogP contribution in [-0.2, 0) is 17.9 Å². The van der Waals surface area contributed by atoms with Gasteiger partial charge in [0.05, 0.1) is 23.2 Å². The van der Waals surface area contributed by atoms with Crippen LogP contribution in [0.2, 0.25) is 0 Å². The largest absolute Gasteiger partial charge is 0.457 e. The number of hydrogen-bond acceptors (Lipinski definition) is 7. The predicted octanol–water partition coefficient (Wildman–Crippen LogP) is 4.08. The van der Waals surface area contributed by atoms with Crippen molar-refractivity contribution in [3.8, 4) is 0 Å². The number of carbonyl (C=O) groups excluding carboxylic acids is 1. The topological polar surface area (TPSA) is 104 Å². The summed E-state index contributed by atoms with van der Waals surface area (Å²) in [6, 6.07) is 15.3. The second-order valence-electron chi connectivity index (χ2n) is 6.90. The fourth-order valence-corrected chi connectivity index (χ4v) is 4.21. The van der Waals surface area contributed by atoms with Gasteiger partial charge in [0.25, 0.3) is 11.2 Å². The van der Waals surface area contributed by atoms with E-state index in [2.05, 4.69) is 4.98 Å². The Morgan fingerprint density at radius 3 is 2.52 bits per heavy atom. The number of rotatable bonds is 6. The Labute approximate surface area is 180 Å². The molecule has 0 radical (unpaired) electrons. The molecule has 0 atom stereocenters. The molecule has 0 fully saturated rings. The number of non-ortho nitro benzene ring substituents is 1. The zero-order valence-electron chi connectivity index (χ0n) is 16.5. The number of nitro groups is 1. The van der Waals surface area contributed by atoms with Crippen LogP contribution >= 0.6 is 11.3 Å². The summed E-state index contributed by atoms with van der Waals surface area (Å²) in [5.41, 5.74) is 1.84. The van der Waals surface area contributed by atoms with Crippen molar-refractivity contribution in [2.24, 2.45) is 0 Å². The Morgan fingerprint density at radius 1 is 1.13 bits per heavy atom. The van der Waals surface area contributed by atoms with Crippen LogP contribution in [0.4, 0.5) is 5.69 Å². The van der Waals surface area contributed by atoms with Crippen molar-refractivity contribution in [2.45, 2.75) is 20.1 Å². The summed E-state index contributed by atoms with van der Waals surface area (Å²) in [5, 5.41) is 11.2. The zero-order chi connectivity index (χ0) is 22.0. The number of nitrogens with zero attached hydrogens (tertiary/aromatic N) is 3. The molecule has 0 aliphatic carbocycles. The predicted molar refractivity (Wildman–Crippen MR) is 116 cm³/mol. The van der Waals surface area contributed by atoms with E-state index in [9.17, 15) is 19.7 Å². The van der Waals surface area contributed by atoms with Crippen molar-refractivity contribution in [3.05, 3.63) is 103 Å². The summed E-state index contributed by atoms with van der Waals surface area (Å²) >= 11 is 1.13. The van der Waals surface area contributed by atoms with Gasteiger partial charge in [-0.1, -0.05) is 42.5 Å². The third-order valence-corrected chi connectivity index (χ3v) is 6.00. The molecule has 0 bridgehead atoms. The van der Waals surface area contributed by atoms with Crippen LogP contribution in [0.5, 0.6) is 0 Å². The maximum absolute atomic E-state index is 13.0. The Balaban J connectivity index is 1.59. The van der Waals surface area contributed by atoms with Gasteiger partial charge in [0, 0.05) is 12.1 Å². The molecule has 4 rings (SSSR count). The van der Waals surface area contributed by atoms with Gasteiger partial charge in [-0.15, -0.1) is 11.3 Å². The molecule has 2 aromatic heterocycles. The molecule has 0 spiro atoms. The van der Waals surface area contributed by atoms with Gasteiger partial charge in [0.15, 0.2) is 0 Å². The first-order valence-corrected chi connectivity index (χ1v) is 10.2. The number of esters is 1. The molecule has 31 heavy (non-hydrogen) atoms. The highest BCUT2D eigenvalue weighted by Crippen LogP contribution is 2.28. The highest BCUT2D eigenvalue weighted by Gasteiger charge is 2.21. The fourth-order valence-electron chi connectivity index (χ4n) is 3.17. The summed E-state index contributed by atoms with van der Waals surface area (Å²) in [6.45, 7) is 2.06. The van der Waals surface area contributed by atoms with Gasteiger partial charge in [-0.25, -0.2) is 9.78 Å². The highest BCUT2D eigenvalue weighted by molar-refractivity contribution is 7.20. The Morgan fingerprint density at radius 2 is 1.84 bits per heavy atom. The molecule has 0 saturated carbocycles. The van der Waals surface area contributed by atoms with Gasteiger partial charge in [-0.05, 0) is 23.6 Å². The lowest BCUT2D eigenvalue weighted by Crippen LogP contribution is -2.21. The van der Waals surface area contributed by atoms with Crippen molar-refractivity contribution in [3.63, 3.8) is 0 Å². The van der Waals surface area contributed by atoms with Gasteiger partial charge in [-0.2, -0.15) is 0 Å². The van der Waals surface area contributed by atoms with E-state index in [1.165, 1.54) is 23.0 Å². The van der Waals surface area contributed by atoms with E-state index in [0.29, 0.717) is 20.7 Å². The average Bonchev–Trinajstić information content (AvgIpc) is 3.12. The van der Waals surface area contributed by atoms with E-state index in [4.69, 9.17) is 4.74 Å². The molecule has 0 N–H and O–H groups in total. The van der Waals surface area contributed by atoms with E-state index >= 15 is 0 Å². The van der Waals surface area contributed by atoms with Crippen molar-refractivity contribution in [1.29, 1.82) is 0 Å². The van der Waals surface area contributed by atoms with E-state index in [-0.39, 0.29) is 24.4 Å². The third kappa shape index (κ3) is 4.22. The number of carbonyl (C=O) groups is 1. The lowest BCUT2D eigenvalue weighted by molar-refractivity contribution is -0.384. The Bertz CT molecular complexity index is 1330. The molecule has 0 unspecified atom stereocenters. The lowest BCUT2D eigenvalue weighted by atomic mass is 10.2. The van der Waals surface area contributed by atoms with Gasteiger partial charge < -0.3 is 4.74 Å². The monoisotopic (exact) mass is 435 g/mol. The first-order chi connectivity index (χ1) is 14.9. The van der Waals surface area contributed by atoms with Gasteiger partial charge in [-0.3, -0.25) is 19.5 Å². The lowest BCUT2D eigenvalue weighted by Gasteiger charge is -2.06. The molecule has 0 saturated heterocycles. The van der Waals surface area contributed by atoms with Crippen molar-refractivity contribution in [2.75, 3.05) is 0 Å². The molecule has 2 heterocycles. The quantitative estimate of drug-likeness (QED) is 0.257. The maximum atomic E-state index is 13.0. The minimum Gasteiger partial charge on any atom is -0.457 e. The first-order valence-electron chi connectivity index (χ1n) is 9.37. The summed E-state index contributed by atoms with van der Waals surface area (Å²) in [5.74, 6) is -0.495. The van der Waals surface area contributed by atoms with Crippen LogP contribution in [0.25, 0.3) is 10.2 Å². The highest BCUT2D eigenvalue weighted by atomic mass is 32.1. The minimum absolute atomic E-state index is 0.0167. The number of benzene rings is 2. The molecule has 0 aliphatic heterocycles. The van der Waals surface area contributed by atoms with Crippen molar-refractivity contribution >= 4 is 33.2 Å². The Hall–Kier alpha value is -3.85. The normalized spacial score (nSPS) is 10.9. The summed E-state index contributed by atoms with van der Waals surface area (Å²) in [4.78, 5) is 41.1. The fraction of sp³-hybridized carbons (Fsp3) is 0.136. The summed E-state index contributed by atoms with van der Waals surface area (Å²) in [6.07, 6.45) is 1.42. The summed E-state index contributed by atoms with van der Waals surface area (Å²) in [7, 11) is 0. The smallest absolute Gasteiger partial charge is 0.349 e. The number of fused-ring (bicyclic) bond motifs is 1. The summed E-state index contributed by atoms with van der Waals surface area (Å²) < 4.78 is 6.82. The van der Waals surface area contributed by atoms with Crippen LogP contribution in [0.1, 0.15) is 26.4 Å². The average molecular weight is 435 g/mol. The SMILES string of the molecule is Cc1c(C(=O)OCc2ccccc2)sc2ncn(Cc3ccc([N+](=O)[O-])cc3)c(=O)c12. The number of aryl methyl sites for hydroxylation is 1. The van der Waals surface area contributed by atoms with Gasteiger partial charge >= 0.3 is 5.97 Å². The maximum Gasteiger partial charge on any atom is 0.349 e. The minimum atomic E-state index is -0.495. The van der Waals surface area contributed by atoms with E-state index < -0.39 is 10.9 Å². The van der Waals surface area contributed by atoms with Crippen LogP contribution in [0.3, 0.4) is 0 Å². The van der Waals surface area contributed by atoms with Gasteiger partial charge in [0.1, 0.15) is 16.3 Å².